The van der Waals surface area contributed by atoms with Crippen molar-refractivity contribution in [1.29, 1.82) is 5.41 Å². The summed E-state index contributed by atoms with van der Waals surface area (Å²) in [4.78, 5) is 44.4. The van der Waals surface area contributed by atoms with E-state index in [4.69, 9.17) is 9.83 Å². The fourth-order valence-corrected chi connectivity index (χ4v) is 3.92. The van der Waals surface area contributed by atoms with Crippen molar-refractivity contribution in [2.75, 3.05) is 4.90 Å². The number of aromatic nitrogens is 2. The topological polar surface area (TPSA) is 132 Å². The Kier molecular flexibility index (Phi) is 3.74. The summed E-state index contributed by atoms with van der Waals surface area (Å²) >= 11 is 1.01. The molecule has 2 aliphatic heterocycles. The third-order valence-electron chi connectivity index (χ3n) is 4.44. The molecule has 0 atom stereocenters. The van der Waals surface area contributed by atoms with Crippen LogP contribution >= 0.6 is 11.8 Å². The molecule has 0 spiro atoms. The number of imide groups is 1. The molecule has 10 heteroatoms. The number of aromatic amines is 1. The SMILES string of the molecule is N=C1S/C(=C\c2ccc(-c3ccc4c(c3)C(=O)NC4=O)o2)C(=O)N1c1ncc[nH]1. The molecule has 1 aromatic carbocycles. The lowest BCUT2D eigenvalue weighted by Crippen LogP contribution is -2.29. The van der Waals surface area contributed by atoms with E-state index in [1.807, 2.05) is 0 Å². The smallest absolute Gasteiger partial charge is 0.273 e. The maximum Gasteiger partial charge on any atom is 0.273 e. The Morgan fingerprint density at radius 1 is 1.10 bits per heavy atom. The standard InChI is InChI=1S/C19H11N5O4S/c20-18-24(19-21-5-6-22-19)17(27)14(29-18)8-10-2-4-13(28-10)9-1-3-11-12(7-9)16(26)23-15(11)25/h1-8,20H,(H,21,22)(H,23,25,26)/b14-8-,20-18?. The highest BCUT2D eigenvalue weighted by molar-refractivity contribution is 8.19. The molecular weight excluding hydrogens is 394 g/mol. The summed E-state index contributed by atoms with van der Waals surface area (Å²) in [6, 6.07) is 8.26. The van der Waals surface area contributed by atoms with Gasteiger partial charge in [-0.3, -0.25) is 25.1 Å². The fourth-order valence-electron chi connectivity index (χ4n) is 3.09. The molecule has 9 nitrogen and oxygen atoms in total. The van der Waals surface area contributed by atoms with Crippen molar-refractivity contribution in [3.63, 3.8) is 0 Å². The maximum atomic E-state index is 12.6. The van der Waals surface area contributed by atoms with Crippen LogP contribution in [0, 0.1) is 5.41 Å². The highest BCUT2D eigenvalue weighted by Crippen LogP contribution is 2.35. The molecule has 3 aromatic rings. The van der Waals surface area contributed by atoms with Gasteiger partial charge in [-0.1, -0.05) is 6.07 Å². The highest BCUT2D eigenvalue weighted by atomic mass is 32.2. The van der Waals surface area contributed by atoms with Crippen molar-refractivity contribution in [2.45, 2.75) is 0 Å². The lowest BCUT2D eigenvalue weighted by atomic mass is 10.0. The molecule has 29 heavy (non-hydrogen) atoms. The first-order valence-electron chi connectivity index (χ1n) is 8.43. The first-order valence-corrected chi connectivity index (χ1v) is 9.25. The average molecular weight is 405 g/mol. The van der Waals surface area contributed by atoms with Crippen molar-refractivity contribution in [3.8, 4) is 11.3 Å². The molecule has 2 aliphatic rings. The number of H-pyrrole nitrogens is 1. The second-order valence-electron chi connectivity index (χ2n) is 6.21. The second-order valence-corrected chi connectivity index (χ2v) is 7.25. The minimum absolute atomic E-state index is 0.0391. The molecule has 0 saturated carbocycles. The van der Waals surface area contributed by atoms with Crippen molar-refractivity contribution in [3.05, 3.63) is 64.5 Å². The quantitative estimate of drug-likeness (QED) is 0.453. The molecule has 1 fully saturated rings. The van der Waals surface area contributed by atoms with Crippen LogP contribution in [0.25, 0.3) is 17.4 Å². The molecular formula is C19H11N5O4S. The van der Waals surface area contributed by atoms with Gasteiger partial charge in [-0.2, -0.15) is 0 Å². The number of imidazole rings is 1. The van der Waals surface area contributed by atoms with Gasteiger partial charge in [0.15, 0.2) is 5.17 Å². The third-order valence-corrected chi connectivity index (χ3v) is 5.33. The van der Waals surface area contributed by atoms with E-state index in [-0.39, 0.29) is 17.0 Å². The van der Waals surface area contributed by atoms with E-state index < -0.39 is 11.8 Å². The number of nitrogens with one attached hydrogen (secondary N) is 3. The molecule has 5 rings (SSSR count). The van der Waals surface area contributed by atoms with Crippen LogP contribution < -0.4 is 10.2 Å². The molecule has 4 heterocycles. The number of rotatable bonds is 3. The molecule has 142 valence electrons. The van der Waals surface area contributed by atoms with Crippen LogP contribution in [0.1, 0.15) is 26.5 Å². The number of anilines is 1. The number of furan rings is 1. The van der Waals surface area contributed by atoms with Gasteiger partial charge in [0.25, 0.3) is 17.7 Å². The first kappa shape index (κ1) is 17.2. The molecule has 0 aliphatic carbocycles. The van der Waals surface area contributed by atoms with E-state index in [0.29, 0.717) is 33.1 Å². The fraction of sp³-hybridized carbons (Fsp3) is 0. The predicted octanol–water partition coefficient (Wildman–Crippen LogP) is 2.61. The molecule has 1 saturated heterocycles. The van der Waals surface area contributed by atoms with Crippen LogP contribution in [0.2, 0.25) is 0 Å². The zero-order valence-corrected chi connectivity index (χ0v) is 15.4. The molecule has 0 unspecified atom stereocenters. The van der Waals surface area contributed by atoms with E-state index in [2.05, 4.69) is 15.3 Å². The van der Waals surface area contributed by atoms with Crippen LogP contribution in [0.3, 0.4) is 0 Å². The lowest BCUT2D eigenvalue weighted by Gasteiger charge is -2.09. The lowest BCUT2D eigenvalue weighted by molar-refractivity contribution is -0.113. The Labute approximate surface area is 167 Å². The van der Waals surface area contributed by atoms with Crippen molar-refractivity contribution in [2.24, 2.45) is 0 Å². The zero-order valence-electron chi connectivity index (χ0n) is 14.6. The van der Waals surface area contributed by atoms with Gasteiger partial charge in [-0.05, 0) is 36.0 Å². The Morgan fingerprint density at radius 3 is 2.72 bits per heavy atom. The van der Waals surface area contributed by atoms with Gasteiger partial charge in [0.1, 0.15) is 11.5 Å². The number of hydrogen-bond acceptors (Lipinski definition) is 7. The van der Waals surface area contributed by atoms with Gasteiger partial charge in [-0.25, -0.2) is 9.88 Å². The molecule has 0 radical (unpaired) electrons. The van der Waals surface area contributed by atoms with Crippen LogP contribution in [0.5, 0.6) is 0 Å². The summed E-state index contributed by atoms with van der Waals surface area (Å²) < 4.78 is 5.79. The van der Waals surface area contributed by atoms with Gasteiger partial charge in [0.05, 0.1) is 16.0 Å². The number of fused-ring (bicyclic) bond motifs is 1. The Morgan fingerprint density at radius 2 is 1.93 bits per heavy atom. The first-order chi connectivity index (χ1) is 14.0. The van der Waals surface area contributed by atoms with E-state index in [9.17, 15) is 14.4 Å². The number of benzene rings is 1. The Balaban J connectivity index is 1.43. The summed E-state index contributed by atoms with van der Waals surface area (Å²) in [6.45, 7) is 0. The summed E-state index contributed by atoms with van der Waals surface area (Å²) in [5.74, 6) is -0.0410. The molecule has 3 N–H and O–H groups in total. The van der Waals surface area contributed by atoms with E-state index in [0.717, 1.165) is 11.8 Å². The predicted molar refractivity (Wildman–Crippen MR) is 105 cm³/mol. The zero-order chi connectivity index (χ0) is 20.1. The third kappa shape index (κ3) is 2.77. The summed E-state index contributed by atoms with van der Waals surface area (Å²) in [5, 5.41) is 10.3. The van der Waals surface area contributed by atoms with Gasteiger partial charge >= 0.3 is 0 Å². The molecule has 2 aromatic heterocycles. The van der Waals surface area contributed by atoms with E-state index in [1.54, 1.807) is 42.6 Å². The summed E-state index contributed by atoms with van der Waals surface area (Å²) in [6.07, 6.45) is 4.63. The minimum Gasteiger partial charge on any atom is -0.457 e. The second kappa shape index (κ2) is 6.31. The average Bonchev–Trinajstić information content (AvgIpc) is 3.47. The van der Waals surface area contributed by atoms with E-state index in [1.165, 1.54) is 11.1 Å². The normalized spacial score (nSPS) is 17.4. The van der Waals surface area contributed by atoms with Crippen LogP contribution in [0.4, 0.5) is 5.95 Å². The molecule has 3 amide bonds. The largest absolute Gasteiger partial charge is 0.457 e. The van der Waals surface area contributed by atoms with Gasteiger partial charge in [0, 0.05) is 24.0 Å². The van der Waals surface area contributed by atoms with Gasteiger partial charge in [0.2, 0.25) is 5.95 Å². The van der Waals surface area contributed by atoms with Crippen molar-refractivity contribution >= 4 is 46.7 Å². The molecule has 0 bridgehead atoms. The van der Waals surface area contributed by atoms with Crippen molar-refractivity contribution in [1.82, 2.24) is 15.3 Å². The minimum atomic E-state index is -0.440. The number of carbonyl (C=O) groups excluding carboxylic acids is 3. The summed E-state index contributed by atoms with van der Waals surface area (Å²) in [7, 11) is 0. The number of hydrogen-bond donors (Lipinski definition) is 3. The monoisotopic (exact) mass is 405 g/mol. The Hall–Kier alpha value is -3.92. The number of carbonyl (C=O) groups is 3. The van der Waals surface area contributed by atoms with Crippen molar-refractivity contribution < 1.29 is 18.8 Å². The maximum absolute atomic E-state index is 12.6. The Bertz CT molecular complexity index is 1240. The number of thioether (sulfide) groups is 1. The van der Waals surface area contributed by atoms with E-state index >= 15 is 0 Å². The van der Waals surface area contributed by atoms with Gasteiger partial charge < -0.3 is 9.40 Å². The number of amidine groups is 1. The number of amides is 3. The van der Waals surface area contributed by atoms with Crippen LogP contribution in [-0.4, -0.2) is 32.9 Å². The van der Waals surface area contributed by atoms with Crippen LogP contribution in [-0.2, 0) is 4.79 Å². The highest BCUT2D eigenvalue weighted by Gasteiger charge is 2.35. The number of nitrogens with zero attached hydrogens (tertiary/aromatic N) is 2. The van der Waals surface area contributed by atoms with Crippen LogP contribution in [0.15, 0.2) is 52.0 Å². The van der Waals surface area contributed by atoms with Gasteiger partial charge in [-0.15, -0.1) is 0 Å². The summed E-state index contributed by atoms with van der Waals surface area (Å²) in [5.41, 5.74) is 1.26.